The number of carboxylic acids is 1. The molecule has 1 aromatic carbocycles. The second kappa shape index (κ2) is 7.73. The van der Waals surface area contributed by atoms with Gasteiger partial charge in [0, 0.05) is 11.8 Å². The van der Waals surface area contributed by atoms with Crippen LogP contribution in [-0.2, 0) is 11.2 Å². The van der Waals surface area contributed by atoms with Crippen LogP contribution in [0.1, 0.15) is 33.7 Å². The number of amides is 1. The Morgan fingerprint density at radius 3 is 2.87 bits per heavy atom. The molecule has 0 aliphatic carbocycles. The van der Waals surface area contributed by atoms with Gasteiger partial charge < -0.3 is 15.2 Å². The minimum atomic E-state index is -1.05. The molecule has 7 heteroatoms. The van der Waals surface area contributed by atoms with E-state index in [1.165, 1.54) is 11.3 Å². The van der Waals surface area contributed by atoms with E-state index < -0.39 is 12.6 Å². The van der Waals surface area contributed by atoms with Crippen molar-refractivity contribution in [2.75, 3.05) is 11.9 Å². The fourth-order valence-corrected chi connectivity index (χ4v) is 3.04. The molecule has 0 spiro atoms. The van der Waals surface area contributed by atoms with Gasteiger partial charge in [-0.05, 0) is 31.9 Å². The van der Waals surface area contributed by atoms with E-state index in [1.54, 1.807) is 24.3 Å². The van der Waals surface area contributed by atoms with E-state index in [0.717, 1.165) is 17.8 Å². The fraction of sp³-hybridized carbons (Fsp3) is 0.312. The van der Waals surface area contributed by atoms with Gasteiger partial charge in [0.15, 0.2) is 6.61 Å². The Balaban J connectivity index is 2.08. The number of carbonyl (C=O) groups excluding carboxylic acids is 1. The molecule has 0 aliphatic heterocycles. The molecule has 23 heavy (non-hydrogen) atoms. The van der Waals surface area contributed by atoms with Gasteiger partial charge in [0.05, 0.1) is 10.7 Å². The van der Waals surface area contributed by atoms with Gasteiger partial charge in [-0.15, -0.1) is 11.3 Å². The summed E-state index contributed by atoms with van der Waals surface area (Å²) < 4.78 is 5.09. The van der Waals surface area contributed by atoms with Crippen LogP contribution in [0, 0.1) is 6.92 Å². The first-order chi connectivity index (χ1) is 11.0. The SMILES string of the molecule is CCCc1nc(C)c(C(=O)Nc2cccc(OCC(=O)O)c2)s1. The van der Waals surface area contributed by atoms with Crippen LogP contribution in [0.3, 0.4) is 0 Å². The largest absolute Gasteiger partial charge is 0.482 e. The molecule has 0 atom stereocenters. The lowest BCUT2D eigenvalue weighted by molar-refractivity contribution is -0.139. The Labute approximate surface area is 138 Å². The minimum Gasteiger partial charge on any atom is -0.482 e. The van der Waals surface area contributed by atoms with E-state index in [-0.39, 0.29) is 5.91 Å². The first kappa shape index (κ1) is 17.0. The van der Waals surface area contributed by atoms with Gasteiger partial charge in [0.2, 0.25) is 0 Å². The van der Waals surface area contributed by atoms with Crippen LogP contribution < -0.4 is 10.1 Å². The van der Waals surface area contributed by atoms with Crippen LogP contribution in [0.4, 0.5) is 5.69 Å². The van der Waals surface area contributed by atoms with Crippen molar-refractivity contribution in [3.63, 3.8) is 0 Å². The first-order valence-corrected chi connectivity index (χ1v) is 8.03. The molecule has 0 saturated heterocycles. The molecule has 1 aromatic heterocycles. The van der Waals surface area contributed by atoms with Gasteiger partial charge >= 0.3 is 5.97 Å². The average molecular weight is 334 g/mol. The van der Waals surface area contributed by atoms with Crippen LogP contribution in [0.2, 0.25) is 0 Å². The summed E-state index contributed by atoms with van der Waals surface area (Å²) in [5.74, 6) is -0.890. The summed E-state index contributed by atoms with van der Waals surface area (Å²) in [6.07, 6.45) is 1.84. The average Bonchev–Trinajstić information content (AvgIpc) is 2.87. The molecule has 2 N–H and O–H groups in total. The molecule has 0 fully saturated rings. The normalized spacial score (nSPS) is 10.3. The predicted molar refractivity (Wildman–Crippen MR) is 88.4 cm³/mol. The number of anilines is 1. The van der Waals surface area contributed by atoms with Crippen LogP contribution in [0.25, 0.3) is 0 Å². The Hall–Kier alpha value is -2.41. The molecule has 1 amide bonds. The number of hydrogen-bond acceptors (Lipinski definition) is 5. The van der Waals surface area contributed by atoms with Gasteiger partial charge in [-0.25, -0.2) is 9.78 Å². The molecule has 1 heterocycles. The molecular weight excluding hydrogens is 316 g/mol. The van der Waals surface area contributed by atoms with Crippen molar-refractivity contribution in [2.24, 2.45) is 0 Å². The molecule has 0 aliphatic rings. The highest BCUT2D eigenvalue weighted by Gasteiger charge is 2.15. The third kappa shape index (κ3) is 4.79. The molecular formula is C16H18N2O4S. The van der Waals surface area contributed by atoms with E-state index in [0.29, 0.717) is 22.0 Å². The number of hydrogen-bond donors (Lipinski definition) is 2. The molecule has 2 rings (SSSR count). The minimum absolute atomic E-state index is 0.224. The molecule has 0 radical (unpaired) electrons. The highest BCUT2D eigenvalue weighted by Crippen LogP contribution is 2.22. The van der Waals surface area contributed by atoms with Crippen LogP contribution in [0.15, 0.2) is 24.3 Å². The zero-order valence-corrected chi connectivity index (χ0v) is 13.8. The van der Waals surface area contributed by atoms with E-state index >= 15 is 0 Å². The predicted octanol–water partition coefficient (Wildman–Crippen LogP) is 3.12. The zero-order valence-electron chi connectivity index (χ0n) is 13.0. The molecule has 122 valence electrons. The number of carboxylic acid groups (broad SMARTS) is 1. The number of thiazole rings is 1. The number of benzene rings is 1. The lowest BCUT2D eigenvalue weighted by Gasteiger charge is -2.07. The maximum absolute atomic E-state index is 12.4. The number of aliphatic carboxylic acids is 1. The molecule has 0 unspecified atom stereocenters. The molecule has 2 aromatic rings. The third-order valence-electron chi connectivity index (χ3n) is 2.97. The second-order valence-corrected chi connectivity index (χ2v) is 6.02. The van der Waals surface area contributed by atoms with Crippen molar-refractivity contribution in [1.29, 1.82) is 0 Å². The number of rotatable bonds is 7. The summed E-state index contributed by atoms with van der Waals surface area (Å²) in [5, 5.41) is 12.4. The Morgan fingerprint density at radius 1 is 1.39 bits per heavy atom. The van der Waals surface area contributed by atoms with Crippen molar-refractivity contribution in [1.82, 2.24) is 4.98 Å². The third-order valence-corrected chi connectivity index (χ3v) is 4.18. The van der Waals surface area contributed by atoms with E-state index in [1.807, 2.05) is 6.92 Å². The van der Waals surface area contributed by atoms with Gasteiger partial charge in [0.1, 0.15) is 10.6 Å². The Bertz CT molecular complexity index is 712. The highest BCUT2D eigenvalue weighted by molar-refractivity contribution is 7.13. The molecule has 0 bridgehead atoms. The van der Waals surface area contributed by atoms with E-state index in [9.17, 15) is 9.59 Å². The second-order valence-electron chi connectivity index (χ2n) is 4.94. The standard InChI is InChI=1S/C16H18N2O4S/c1-3-5-13-17-10(2)15(23-13)16(21)18-11-6-4-7-12(8-11)22-9-14(19)20/h4,6-8H,3,5,9H2,1-2H3,(H,18,21)(H,19,20). The summed E-state index contributed by atoms with van der Waals surface area (Å²) in [7, 11) is 0. The summed E-state index contributed by atoms with van der Waals surface area (Å²) in [6.45, 7) is 3.46. The number of nitrogens with zero attached hydrogens (tertiary/aromatic N) is 1. The summed E-state index contributed by atoms with van der Waals surface area (Å²) in [6, 6.07) is 6.63. The van der Waals surface area contributed by atoms with Crippen molar-refractivity contribution < 1.29 is 19.4 Å². The van der Waals surface area contributed by atoms with Crippen molar-refractivity contribution in [2.45, 2.75) is 26.7 Å². The smallest absolute Gasteiger partial charge is 0.341 e. The highest BCUT2D eigenvalue weighted by atomic mass is 32.1. The van der Waals surface area contributed by atoms with Crippen molar-refractivity contribution >= 4 is 28.9 Å². The van der Waals surface area contributed by atoms with E-state index in [2.05, 4.69) is 17.2 Å². The lowest BCUT2D eigenvalue weighted by atomic mass is 10.3. The van der Waals surface area contributed by atoms with Crippen molar-refractivity contribution in [3.8, 4) is 5.75 Å². The van der Waals surface area contributed by atoms with Crippen LogP contribution in [0.5, 0.6) is 5.75 Å². The summed E-state index contributed by atoms with van der Waals surface area (Å²) in [4.78, 5) is 27.9. The maximum atomic E-state index is 12.4. The van der Waals surface area contributed by atoms with E-state index in [4.69, 9.17) is 9.84 Å². The van der Waals surface area contributed by atoms with Gasteiger partial charge in [0.25, 0.3) is 5.91 Å². The fourth-order valence-electron chi connectivity index (χ4n) is 1.98. The Morgan fingerprint density at radius 2 is 2.17 bits per heavy atom. The van der Waals surface area contributed by atoms with Crippen molar-refractivity contribution in [3.05, 3.63) is 39.8 Å². The molecule has 0 saturated carbocycles. The van der Waals surface area contributed by atoms with Crippen LogP contribution in [-0.4, -0.2) is 28.6 Å². The lowest BCUT2D eigenvalue weighted by Crippen LogP contribution is -2.12. The first-order valence-electron chi connectivity index (χ1n) is 7.22. The number of nitrogens with one attached hydrogen (secondary N) is 1. The van der Waals surface area contributed by atoms with Gasteiger partial charge in [-0.1, -0.05) is 13.0 Å². The molecule has 6 nitrogen and oxygen atoms in total. The van der Waals surface area contributed by atoms with Gasteiger partial charge in [-0.3, -0.25) is 4.79 Å². The number of carbonyl (C=O) groups is 2. The number of aromatic nitrogens is 1. The Kier molecular flexibility index (Phi) is 5.70. The summed E-state index contributed by atoms with van der Waals surface area (Å²) >= 11 is 1.40. The number of aryl methyl sites for hydroxylation is 2. The maximum Gasteiger partial charge on any atom is 0.341 e. The number of ether oxygens (including phenoxy) is 1. The van der Waals surface area contributed by atoms with Gasteiger partial charge in [-0.2, -0.15) is 0 Å². The monoisotopic (exact) mass is 334 g/mol. The quantitative estimate of drug-likeness (QED) is 0.812. The zero-order chi connectivity index (χ0) is 16.8. The summed E-state index contributed by atoms with van der Waals surface area (Å²) in [5.41, 5.74) is 1.26. The van der Waals surface area contributed by atoms with Crippen LogP contribution >= 0.6 is 11.3 Å². The topological polar surface area (TPSA) is 88.5 Å².